The molecule has 0 aliphatic rings. The van der Waals surface area contributed by atoms with E-state index in [1.807, 2.05) is 44.4 Å². The molecule has 2 amide bonds. The monoisotopic (exact) mass is 438 g/mol. The van der Waals surface area contributed by atoms with E-state index in [0.29, 0.717) is 17.0 Å². The summed E-state index contributed by atoms with van der Waals surface area (Å²) in [5.74, 6) is 0.126. The molecule has 150 valence electrons. The van der Waals surface area contributed by atoms with E-state index in [9.17, 15) is 9.59 Å². The average molecular weight is 439 g/mol. The Hall–Kier alpha value is -1.69. The minimum absolute atomic E-state index is 0.165. The lowest BCUT2D eigenvalue weighted by atomic mass is 10.0. The topological polar surface area (TPSA) is 58.2 Å². The summed E-state index contributed by atoms with van der Waals surface area (Å²) in [6, 6.07) is 11.7. The fourth-order valence-electron chi connectivity index (χ4n) is 2.88. The van der Waals surface area contributed by atoms with E-state index in [-0.39, 0.29) is 17.0 Å². The second-order valence-electron chi connectivity index (χ2n) is 6.52. The number of rotatable bonds is 8. The molecule has 2 rings (SSSR count). The lowest BCUT2D eigenvalue weighted by Crippen LogP contribution is -2.47. The number of hydrogen-bond acceptors (Lipinski definition) is 3. The Bertz CT molecular complexity index is 845. The van der Waals surface area contributed by atoms with Gasteiger partial charge in [-0.3, -0.25) is 9.59 Å². The Kier molecular flexibility index (Phi) is 8.67. The van der Waals surface area contributed by atoms with Crippen molar-refractivity contribution in [2.45, 2.75) is 32.4 Å². The number of benzene rings is 2. The van der Waals surface area contributed by atoms with Crippen LogP contribution in [-0.2, 0) is 4.79 Å². The van der Waals surface area contributed by atoms with Crippen LogP contribution in [0.15, 0.2) is 42.5 Å². The maximum absolute atomic E-state index is 12.9. The van der Waals surface area contributed by atoms with Crippen LogP contribution in [0.5, 0.6) is 0 Å². The molecule has 0 aromatic heterocycles. The summed E-state index contributed by atoms with van der Waals surface area (Å²) in [6.07, 6.45) is 2.48. The Labute approximate surface area is 180 Å². The van der Waals surface area contributed by atoms with Crippen molar-refractivity contribution in [2.75, 3.05) is 12.0 Å². The number of thioether (sulfide) groups is 1. The number of amides is 2. The van der Waals surface area contributed by atoms with E-state index in [0.717, 1.165) is 16.9 Å². The van der Waals surface area contributed by atoms with E-state index >= 15 is 0 Å². The Morgan fingerprint density at radius 2 is 1.82 bits per heavy atom. The summed E-state index contributed by atoms with van der Waals surface area (Å²) in [5, 5.41) is 6.52. The predicted octanol–water partition coefficient (Wildman–Crippen LogP) is 5.03. The molecular weight excluding hydrogens is 415 g/mol. The van der Waals surface area contributed by atoms with Gasteiger partial charge in [-0.1, -0.05) is 47.5 Å². The fourth-order valence-corrected chi connectivity index (χ4v) is 3.84. The predicted molar refractivity (Wildman–Crippen MR) is 118 cm³/mol. The summed E-state index contributed by atoms with van der Waals surface area (Å²) in [6.45, 7) is 3.94. The maximum Gasteiger partial charge on any atom is 0.253 e. The van der Waals surface area contributed by atoms with Crippen molar-refractivity contribution in [3.63, 3.8) is 0 Å². The van der Waals surface area contributed by atoms with Gasteiger partial charge in [-0.25, -0.2) is 0 Å². The molecule has 0 spiro atoms. The number of carbonyl (C=O) groups is 2. The highest BCUT2D eigenvalue weighted by Crippen LogP contribution is 2.21. The molecule has 0 heterocycles. The minimum atomic E-state index is -0.654. The van der Waals surface area contributed by atoms with Gasteiger partial charge in [-0.15, -0.1) is 0 Å². The first-order valence-electron chi connectivity index (χ1n) is 8.94. The zero-order valence-electron chi connectivity index (χ0n) is 16.1. The van der Waals surface area contributed by atoms with E-state index in [2.05, 4.69) is 10.6 Å². The van der Waals surface area contributed by atoms with Gasteiger partial charge in [0.05, 0.1) is 16.6 Å². The zero-order valence-corrected chi connectivity index (χ0v) is 18.4. The van der Waals surface area contributed by atoms with Crippen LogP contribution in [0.25, 0.3) is 0 Å². The van der Waals surface area contributed by atoms with Gasteiger partial charge in [0.25, 0.3) is 5.91 Å². The number of hydrogen-bond donors (Lipinski definition) is 2. The number of aryl methyl sites for hydroxylation is 1. The first kappa shape index (κ1) is 22.6. The molecule has 0 radical (unpaired) electrons. The van der Waals surface area contributed by atoms with Crippen LogP contribution >= 0.6 is 35.0 Å². The van der Waals surface area contributed by atoms with Gasteiger partial charge in [0.15, 0.2) is 0 Å². The SMILES string of the molecule is CSCCC(NC(=O)c1ccc(Cl)cc1Cl)C(=O)NC(C)c1ccccc1C. The molecule has 0 fully saturated rings. The molecule has 2 aromatic carbocycles. The third-order valence-electron chi connectivity index (χ3n) is 4.42. The fraction of sp³-hybridized carbons (Fsp3) is 0.333. The van der Waals surface area contributed by atoms with Gasteiger partial charge in [-0.2, -0.15) is 11.8 Å². The third kappa shape index (κ3) is 6.16. The summed E-state index contributed by atoms with van der Waals surface area (Å²) in [7, 11) is 0. The molecule has 7 heteroatoms. The standard InChI is InChI=1S/C21H24Cl2N2O2S/c1-13-6-4-5-7-16(13)14(2)24-21(27)19(10-11-28-3)25-20(26)17-9-8-15(22)12-18(17)23/h4-9,12,14,19H,10-11H2,1-3H3,(H,24,27)(H,25,26). The molecule has 28 heavy (non-hydrogen) atoms. The summed E-state index contributed by atoms with van der Waals surface area (Å²) in [5.41, 5.74) is 2.44. The van der Waals surface area contributed by atoms with Crippen LogP contribution in [0.1, 0.15) is 40.9 Å². The summed E-state index contributed by atoms with van der Waals surface area (Å²) >= 11 is 13.6. The highest BCUT2D eigenvalue weighted by atomic mass is 35.5. The van der Waals surface area contributed by atoms with Crippen LogP contribution in [-0.4, -0.2) is 29.9 Å². The van der Waals surface area contributed by atoms with Crippen molar-refractivity contribution in [2.24, 2.45) is 0 Å². The number of nitrogens with one attached hydrogen (secondary N) is 2. The average Bonchev–Trinajstić information content (AvgIpc) is 2.65. The van der Waals surface area contributed by atoms with E-state index < -0.39 is 11.9 Å². The third-order valence-corrected chi connectivity index (χ3v) is 5.61. The largest absolute Gasteiger partial charge is 0.348 e. The normalized spacial score (nSPS) is 12.9. The van der Waals surface area contributed by atoms with Crippen LogP contribution < -0.4 is 10.6 Å². The minimum Gasteiger partial charge on any atom is -0.348 e. The molecule has 0 saturated carbocycles. The first-order chi connectivity index (χ1) is 13.3. The molecule has 0 bridgehead atoms. The number of halogens is 2. The lowest BCUT2D eigenvalue weighted by molar-refractivity contribution is -0.123. The second kappa shape index (κ2) is 10.7. The molecule has 2 aromatic rings. The summed E-state index contributed by atoms with van der Waals surface area (Å²) in [4.78, 5) is 25.5. The number of carbonyl (C=O) groups excluding carboxylic acids is 2. The van der Waals surface area contributed by atoms with Crippen molar-refractivity contribution in [1.82, 2.24) is 10.6 Å². The van der Waals surface area contributed by atoms with Gasteiger partial charge in [0, 0.05) is 5.02 Å². The van der Waals surface area contributed by atoms with Gasteiger partial charge in [0.2, 0.25) is 5.91 Å². The summed E-state index contributed by atoms with van der Waals surface area (Å²) < 4.78 is 0. The van der Waals surface area contributed by atoms with Crippen molar-refractivity contribution >= 4 is 46.8 Å². The molecule has 0 aliphatic heterocycles. The molecule has 0 aliphatic carbocycles. The van der Waals surface area contributed by atoms with Crippen LogP contribution in [0.3, 0.4) is 0 Å². The Morgan fingerprint density at radius 1 is 1.11 bits per heavy atom. The molecule has 4 nitrogen and oxygen atoms in total. The van der Waals surface area contributed by atoms with Gasteiger partial charge < -0.3 is 10.6 Å². The van der Waals surface area contributed by atoms with E-state index in [4.69, 9.17) is 23.2 Å². The van der Waals surface area contributed by atoms with Crippen molar-refractivity contribution in [3.8, 4) is 0 Å². The Balaban J connectivity index is 2.12. The highest BCUT2D eigenvalue weighted by molar-refractivity contribution is 7.98. The van der Waals surface area contributed by atoms with Gasteiger partial charge in [0.1, 0.15) is 6.04 Å². The van der Waals surface area contributed by atoms with Crippen LogP contribution in [0, 0.1) is 6.92 Å². The smallest absolute Gasteiger partial charge is 0.253 e. The molecular formula is C21H24Cl2N2O2S. The molecule has 2 unspecified atom stereocenters. The quantitative estimate of drug-likeness (QED) is 0.607. The van der Waals surface area contributed by atoms with E-state index in [1.54, 1.807) is 23.9 Å². The van der Waals surface area contributed by atoms with Crippen molar-refractivity contribution in [3.05, 3.63) is 69.2 Å². The van der Waals surface area contributed by atoms with Crippen LogP contribution in [0.4, 0.5) is 0 Å². The second-order valence-corrected chi connectivity index (χ2v) is 8.35. The van der Waals surface area contributed by atoms with Crippen molar-refractivity contribution in [1.29, 1.82) is 0 Å². The molecule has 0 saturated heterocycles. The lowest BCUT2D eigenvalue weighted by Gasteiger charge is -2.22. The van der Waals surface area contributed by atoms with E-state index in [1.165, 1.54) is 6.07 Å². The van der Waals surface area contributed by atoms with Gasteiger partial charge >= 0.3 is 0 Å². The first-order valence-corrected chi connectivity index (χ1v) is 11.1. The van der Waals surface area contributed by atoms with Crippen molar-refractivity contribution < 1.29 is 9.59 Å². The zero-order chi connectivity index (χ0) is 20.7. The highest BCUT2D eigenvalue weighted by Gasteiger charge is 2.24. The van der Waals surface area contributed by atoms with Gasteiger partial charge in [-0.05, 0) is 61.6 Å². The molecule has 2 atom stereocenters. The van der Waals surface area contributed by atoms with Crippen LogP contribution in [0.2, 0.25) is 10.0 Å². The Morgan fingerprint density at radius 3 is 2.46 bits per heavy atom. The maximum atomic E-state index is 12.9. The molecule has 2 N–H and O–H groups in total.